The quantitative estimate of drug-likeness (QED) is 0.660. The fourth-order valence-corrected chi connectivity index (χ4v) is 5.00. The lowest BCUT2D eigenvalue weighted by molar-refractivity contribution is 0.102. The predicted octanol–water partition coefficient (Wildman–Crippen LogP) is 3.90. The van der Waals surface area contributed by atoms with Gasteiger partial charge in [-0.3, -0.25) is 4.79 Å². The lowest BCUT2D eigenvalue weighted by Gasteiger charge is -2.22. The van der Waals surface area contributed by atoms with Crippen molar-refractivity contribution >= 4 is 29.3 Å². The van der Waals surface area contributed by atoms with Crippen molar-refractivity contribution < 1.29 is 4.79 Å². The van der Waals surface area contributed by atoms with Crippen molar-refractivity contribution in [3.8, 4) is 0 Å². The van der Waals surface area contributed by atoms with E-state index in [-0.39, 0.29) is 5.78 Å². The number of Topliss-reactive ketones (excluding diaryl/α,β-unsaturated/α-hetero) is 1. The zero-order valence-electron chi connectivity index (χ0n) is 9.57. The molecular weight excluding hydrogens is 248 g/mol. The number of benzene rings is 1. The van der Waals surface area contributed by atoms with Gasteiger partial charge in [0.1, 0.15) is 0 Å². The minimum absolute atomic E-state index is 0.267. The number of fused-ring (bicyclic) bond motifs is 1. The van der Waals surface area contributed by atoms with E-state index in [1.165, 1.54) is 27.7 Å². The number of allylic oxidation sites excluding steroid dienone is 1. The zero-order valence-corrected chi connectivity index (χ0v) is 11.2. The third-order valence-corrected chi connectivity index (χ3v) is 5.89. The molecule has 0 bridgehead atoms. The van der Waals surface area contributed by atoms with Crippen LogP contribution in [0.2, 0.25) is 0 Å². The van der Waals surface area contributed by atoms with Crippen LogP contribution in [0.25, 0.3) is 0 Å². The summed E-state index contributed by atoms with van der Waals surface area (Å²) in [5, 5.41) is 0. The molecule has 0 amide bonds. The van der Waals surface area contributed by atoms with Gasteiger partial charge in [-0.2, -0.15) is 0 Å². The van der Waals surface area contributed by atoms with Crippen molar-refractivity contribution in [1.82, 2.24) is 0 Å². The SMILES string of the molecule is O=C1C(=C2SCCCS2)CCc2ccccc21. The molecule has 0 unspecified atom stereocenters. The Kier molecular flexibility index (Phi) is 3.30. The number of hydrogen-bond acceptors (Lipinski definition) is 3. The molecule has 88 valence electrons. The summed E-state index contributed by atoms with van der Waals surface area (Å²) in [4.78, 5) is 12.4. The molecule has 1 nitrogen and oxygen atoms in total. The molecule has 17 heavy (non-hydrogen) atoms. The van der Waals surface area contributed by atoms with Crippen LogP contribution in [0.4, 0.5) is 0 Å². The number of rotatable bonds is 0. The molecular formula is C14H14OS2. The van der Waals surface area contributed by atoms with Gasteiger partial charge < -0.3 is 0 Å². The molecule has 1 saturated heterocycles. The first-order chi connectivity index (χ1) is 8.36. The Bertz CT molecular complexity index is 483. The molecule has 1 aromatic rings. The molecule has 0 atom stereocenters. The lowest BCUT2D eigenvalue weighted by Crippen LogP contribution is -2.15. The van der Waals surface area contributed by atoms with Crippen LogP contribution in [0.15, 0.2) is 34.1 Å². The molecule has 1 aromatic carbocycles. The molecule has 1 heterocycles. The Hall–Kier alpha value is -0.670. The van der Waals surface area contributed by atoms with Crippen LogP contribution >= 0.6 is 23.5 Å². The summed E-state index contributed by atoms with van der Waals surface area (Å²) in [6, 6.07) is 8.03. The number of hydrogen-bond donors (Lipinski definition) is 0. The van der Waals surface area contributed by atoms with Crippen LogP contribution in [-0.2, 0) is 6.42 Å². The maximum Gasteiger partial charge on any atom is 0.190 e. The molecule has 1 aliphatic carbocycles. The van der Waals surface area contributed by atoms with E-state index >= 15 is 0 Å². The van der Waals surface area contributed by atoms with E-state index in [2.05, 4.69) is 6.07 Å². The van der Waals surface area contributed by atoms with Gasteiger partial charge in [0.05, 0.1) is 0 Å². The van der Waals surface area contributed by atoms with Crippen molar-refractivity contribution in [1.29, 1.82) is 0 Å². The predicted molar refractivity (Wildman–Crippen MR) is 75.7 cm³/mol. The van der Waals surface area contributed by atoms with E-state index in [9.17, 15) is 4.79 Å². The van der Waals surface area contributed by atoms with Gasteiger partial charge in [0.2, 0.25) is 0 Å². The minimum Gasteiger partial charge on any atom is -0.289 e. The normalized spacial score (nSPS) is 20.4. The molecule has 1 fully saturated rings. The Balaban J connectivity index is 1.98. The number of aryl methyl sites for hydroxylation is 1. The molecule has 0 radical (unpaired) electrons. The standard InChI is InChI=1S/C14H14OS2/c15-13-11-5-2-1-4-10(11)6-7-12(13)14-16-8-3-9-17-14/h1-2,4-5H,3,6-9H2. The molecule has 0 saturated carbocycles. The van der Waals surface area contributed by atoms with Gasteiger partial charge in [0.15, 0.2) is 5.78 Å². The van der Waals surface area contributed by atoms with Crippen LogP contribution in [0.3, 0.4) is 0 Å². The van der Waals surface area contributed by atoms with Crippen molar-refractivity contribution in [2.24, 2.45) is 0 Å². The maximum atomic E-state index is 12.4. The second-order valence-corrected chi connectivity index (χ2v) is 6.77. The topological polar surface area (TPSA) is 17.1 Å². The monoisotopic (exact) mass is 262 g/mol. The van der Waals surface area contributed by atoms with E-state index in [0.29, 0.717) is 0 Å². The van der Waals surface area contributed by atoms with Crippen LogP contribution < -0.4 is 0 Å². The Morgan fingerprint density at radius 1 is 1.00 bits per heavy atom. The zero-order chi connectivity index (χ0) is 11.7. The van der Waals surface area contributed by atoms with E-state index in [4.69, 9.17) is 0 Å². The highest BCUT2D eigenvalue weighted by Crippen LogP contribution is 2.40. The molecule has 0 spiro atoms. The van der Waals surface area contributed by atoms with Crippen LogP contribution in [0, 0.1) is 0 Å². The highest BCUT2D eigenvalue weighted by atomic mass is 32.2. The van der Waals surface area contributed by atoms with Crippen LogP contribution in [-0.4, -0.2) is 17.3 Å². The first-order valence-electron chi connectivity index (χ1n) is 5.97. The van der Waals surface area contributed by atoms with Gasteiger partial charge in [0, 0.05) is 15.4 Å². The Morgan fingerprint density at radius 3 is 2.59 bits per heavy atom. The highest BCUT2D eigenvalue weighted by Gasteiger charge is 2.25. The van der Waals surface area contributed by atoms with Gasteiger partial charge in [-0.15, -0.1) is 23.5 Å². The summed E-state index contributed by atoms with van der Waals surface area (Å²) in [5.41, 5.74) is 3.21. The molecule has 2 aliphatic rings. The highest BCUT2D eigenvalue weighted by molar-refractivity contribution is 8.22. The van der Waals surface area contributed by atoms with E-state index in [1.54, 1.807) is 0 Å². The Morgan fingerprint density at radius 2 is 1.76 bits per heavy atom. The van der Waals surface area contributed by atoms with Gasteiger partial charge in [0.25, 0.3) is 0 Å². The number of carbonyl (C=O) groups is 1. The van der Waals surface area contributed by atoms with Crippen LogP contribution in [0.1, 0.15) is 28.8 Å². The van der Waals surface area contributed by atoms with Gasteiger partial charge in [-0.25, -0.2) is 0 Å². The van der Waals surface area contributed by atoms with Gasteiger partial charge in [-0.1, -0.05) is 24.3 Å². The summed E-state index contributed by atoms with van der Waals surface area (Å²) >= 11 is 3.74. The number of ketones is 1. The summed E-state index contributed by atoms with van der Waals surface area (Å²) < 4.78 is 1.29. The smallest absolute Gasteiger partial charge is 0.190 e. The second-order valence-electron chi connectivity index (χ2n) is 4.30. The largest absolute Gasteiger partial charge is 0.289 e. The minimum atomic E-state index is 0.267. The molecule has 3 rings (SSSR count). The molecule has 1 aliphatic heterocycles. The maximum absolute atomic E-state index is 12.4. The summed E-state index contributed by atoms with van der Waals surface area (Å²) in [6.45, 7) is 0. The molecule has 3 heteroatoms. The molecule has 0 N–H and O–H groups in total. The van der Waals surface area contributed by atoms with E-state index < -0.39 is 0 Å². The van der Waals surface area contributed by atoms with Crippen molar-refractivity contribution in [3.63, 3.8) is 0 Å². The van der Waals surface area contributed by atoms with Crippen molar-refractivity contribution in [2.75, 3.05) is 11.5 Å². The fraction of sp³-hybridized carbons (Fsp3) is 0.357. The third kappa shape index (κ3) is 2.18. The van der Waals surface area contributed by atoms with E-state index in [1.807, 2.05) is 41.7 Å². The summed E-state index contributed by atoms with van der Waals surface area (Å²) in [6.07, 6.45) is 3.20. The Labute approximate surface area is 110 Å². The van der Waals surface area contributed by atoms with E-state index in [0.717, 1.165) is 24.0 Å². The fourth-order valence-electron chi connectivity index (χ4n) is 2.29. The first kappa shape index (κ1) is 11.4. The number of thioether (sulfide) groups is 2. The van der Waals surface area contributed by atoms with Gasteiger partial charge in [-0.05, 0) is 36.3 Å². The van der Waals surface area contributed by atoms with Crippen LogP contribution in [0.5, 0.6) is 0 Å². The van der Waals surface area contributed by atoms with Crippen molar-refractivity contribution in [2.45, 2.75) is 19.3 Å². The average molecular weight is 262 g/mol. The third-order valence-electron chi connectivity index (χ3n) is 3.18. The summed E-state index contributed by atoms with van der Waals surface area (Å²) in [7, 11) is 0. The second kappa shape index (κ2) is 4.91. The molecule has 0 aromatic heterocycles. The first-order valence-corrected chi connectivity index (χ1v) is 7.95. The van der Waals surface area contributed by atoms with Gasteiger partial charge >= 0.3 is 0 Å². The number of carbonyl (C=O) groups excluding carboxylic acids is 1. The van der Waals surface area contributed by atoms with Crippen molar-refractivity contribution in [3.05, 3.63) is 45.2 Å². The lowest BCUT2D eigenvalue weighted by atomic mass is 9.88. The average Bonchev–Trinajstić information content (AvgIpc) is 2.40. The summed E-state index contributed by atoms with van der Waals surface area (Å²) in [5.74, 6) is 2.60.